The van der Waals surface area contributed by atoms with E-state index in [0.717, 1.165) is 21.8 Å². The zero-order valence-electron chi connectivity index (χ0n) is 12.7. The molecule has 112 valence electrons. The zero-order valence-corrected chi connectivity index (χ0v) is 13.5. The van der Waals surface area contributed by atoms with Crippen LogP contribution in [0.4, 0.5) is 0 Å². The van der Waals surface area contributed by atoms with E-state index < -0.39 is 0 Å². The monoisotopic (exact) mass is 305 g/mol. The molecule has 1 aliphatic heterocycles. The number of nitrogens with zero attached hydrogens (tertiary/aromatic N) is 2. The Kier molecular flexibility index (Phi) is 3.36. The highest BCUT2D eigenvalue weighted by molar-refractivity contribution is 7.18. The maximum absolute atomic E-state index is 12.3. The van der Waals surface area contributed by atoms with Crippen LogP contribution in [0.3, 0.4) is 0 Å². The van der Waals surface area contributed by atoms with Crippen LogP contribution < -0.4 is 5.56 Å². The van der Waals surface area contributed by atoms with Crippen molar-refractivity contribution in [3.8, 4) is 0 Å². The van der Waals surface area contributed by atoms with E-state index in [1.807, 2.05) is 13.0 Å². The number of oxime groups is 1. The number of hydrogen-bond donors (Lipinski definition) is 1. The van der Waals surface area contributed by atoms with Crippen LogP contribution in [-0.4, -0.2) is 15.7 Å². The number of fused-ring (bicyclic) bond motifs is 1. The van der Waals surface area contributed by atoms with Crippen LogP contribution >= 0.6 is 11.3 Å². The fourth-order valence-electron chi connectivity index (χ4n) is 2.25. The molecule has 0 amide bonds. The second kappa shape index (κ2) is 4.94. The molecule has 1 aliphatic rings. The normalized spacial score (nSPS) is 18.9. The smallest absolute Gasteiger partial charge is 0.259 e. The van der Waals surface area contributed by atoms with E-state index in [4.69, 9.17) is 4.84 Å². The minimum absolute atomic E-state index is 0.0142. The van der Waals surface area contributed by atoms with Gasteiger partial charge in [-0.2, -0.15) is 0 Å². The van der Waals surface area contributed by atoms with Crippen LogP contribution in [0.5, 0.6) is 0 Å². The van der Waals surface area contributed by atoms with Gasteiger partial charge in [0.05, 0.1) is 11.1 Å². The van der Waals surface area contributed by atoms with E-state index in [9.17, 15) is 4.79 Å². The summed E-state index contributed by atoms with van der Waals surface area (Å²) in [4.78, 5) is 27.0. The van der Waals surface area contributed by atoms with Gasteiger partial charge in [0, 0.05) is 11.3 Å². The van der Waals surface area contributed by atoms with Crippen molar-refractivity contribution in [2.75, 3.05) is 0 Å². The van der Waals surface area contributed by atoms with Crippen LogP contribution in [0, 0.1) is 0 Å². The molecule has 0 fully saturated rings. The Balaban J connectivity index is 2.02. The highest BCUT2D eigenvalue weighted by Gasteiger charge is 2.26. The summed E-state index contributed by atoms with van der Waals surface area (Å²) >= 11 is 1.57. The summed E-state index contributed by atoms with van der Waals surface area (Å²) in [5, 5.41) is 4.68. The molecule has 5 nitrogen and oxygen atoms in total. The quantitative estimate of drug-likeness (QED) is 0.923. The molecule has 0 saturated carbocycles. The molecule has 0 radical (unpaired) electrons. The SMILES string of the molecule is CCC1=NO[C@H](c2nc3sc(C(C)(C)C)cc3c(=O)[nH]2)C1. The van der Waals surface area contributed by atoms with Gasteiger partial charge in [-0.3, -0.25) is 4.79 Å². The first kappa shape index (κ1) is 14.3. The third-order valence-corrected chi connectivity index (χ3v) is 5.06. The Morgan fingerprint density at radius 1 is 1.48 bits per heavy atom. The molecule has 2 aromatic rings. The Morgan fingerprint density at radius 3 is 2.86 bits per heavy atom. The molecule has 0 aromatic carbocycles. The lowest BCUT2D eigenvalue weighted by Gasteiger charge is -2.14. The molecule has 3 rings (SSSR count). The molecule has 0 aliphatic carbocycles. The van der Waals surface area contributed by atoms with Crippen molar-refractivity contribution in [2.24, 2.45) is 5.16 Å². The summed E-state index contributed by atoms with van der Waals surface area (Å²) in [7, 11) is 0. The zero-order chi connectivity index (χ0) is 15.2. The van der Waals surface area contributed by atoms with Gasteiger partial charge < -0.3 is 9.82 Å². The van der Waals surface area contributed by atoms with Crippen molar-refractivity contribution in [2.45, 2.75) is 52.1 Å². The highest BCUT2D eigenvalue weighted by Crippen LogP contribution is 2.33. The third kappa shape index (κ3) is 2.60. The first-order valence-electron chi connectivity index (χ1n) is 7.14. The van der Waals surface area contributed by atoms with Gasteiger partial charge in [0.15, 0.2) is 11.9 Å². The third-order valence-electron chi connectivity index (χ3n) is 3.60. The summed E-state index contributed by atoms with van der Waals surface area (Å²) in [5.74, 6) is 0.571. The van der Waals surface area contributed by atoms with Gasteiger partial charge in [0.25, 0.3) is 5.56 Å². The molecule has 2 aromatic heterocycles. The summed E-state index contributed by atoms with van der Waals surface area (Å²) in [5.41, 5.74) is 0.917. The van der Waals surface area contributed by atoms with Crippen LogP contribution in [0.25, 0.3) is 10.2 Å². The number of nitrogens with one attached hydrogen (secondary N) is 1. The Hall–Kier alpha value is -1.69. The van der Waals surface area contributed by atoms with Crippen LogP contribution in [0.2, 0.25) is 0 Å². The lowest BCUT2D eigenvalue weighted by atomic mass is 9.94. The minimum Gasteiger partial charge on any atom is -0.384 e. The van der Waals surface area contributed by atoms with Crippen LogP contribution in [0.1, 0.15) is 57.3 Å². The van der Waals surface area contributed by atoms with E-state index in [0.29, 0.717) is 17.6 Å². The van der Waals surface area contributed by atoms with E-state index >= 15 is 0 Å². The average Bonchev–Trinajstić information content (AvgIpc) is 3.04. The molecule has 0 bridgehead atoms. The molecule has 0 saturated heterocycles. The number of hydrogen-bond acceptors (Lipinski definition) is 5. The topological polar surface area (TPSA) is 67.3 Å². The van der Waals surface area contributed by atoms with Gasteiger partial charge >= 0.3 is 0 Å². The summed E-state index contributed by atoms with van der Waals surface area (Å²) in [6.45, 7) is 8.44. The average molecular weight is 305 g/mol. The van der Waals surface area contributed by atoms with Gasteiger partial charge in [-0.25, -0.2) is 4.98 Å². The van der Waals surface area contributed by atoms with Crippen molar-refractivity contribution in [3.63, 3.8) is 0 Å². The van der Waals surface area contributed by atoms with Crippen molar-refractivity contribution >= 4 is 27.3 Å². The van der Waals surface area contributed by atoms with E-state index in [-0.39, 0.29) is 17.1 Å². The maximum Gasteiger partial charge on any atom is 0.259 e. The number of thiophene rings is 1. The molecular formula is C15H19N3O2S. The summed E-state index contributed by atoms with van der Waals surface area (Å²) in [6, 6.07) is 1.94. The first-order valence-corrected chi connectivity index (χ1v) is 7.96. The summed E-state index contributed by atoms with van der Waals surface area (Å²) in [6.07, 6.45) is 1.29. The van der Waals surface area contributed by atoms with Gasteiger partial charge in [0.1, 0.15) is 4.83 Å². The Morgan fingerprint density at radius 2 is 2.24 bits per heavy atom. The molecule has 1 atom stereocenters. The summed E-state index contributed by atoms with van der Waals surface area (Å²) < 4.78 is 0. The van der Waals surface area contributed by atoms with Crippen molar-refractivity contribution in [1.29, 1.82) is 0 Å². The standard InChI is InChI=1S/C15H19N3O2S/c1-5-8-6-10(20-18-8)12-16-13(19)9-7-11(15(2,3)4)21-14(9)17-12/h7,10H,5-6H2,1-4H3,(H,16,17,19)/t10-/m0/s1. The van der Waals surface area contributed by atoms with Crippen LogP contribution in [0.15, 0.2) is 16.0 Å². The van der Waals surface area contributed by atoms with Crippen LogP contribution in [-0.2, 0) is 10.3 Å². The molecule has 0 unspecified atom stereocenters. The molecule has 21 heavy (non-hydrogen) atoms. The van der Waals surface area contributed by atoms with Crippen molar-refractivity contribution < 1.29 is 4.84 Å². The Labute approximate surface area is 127 Å². The number of aromatic nitrogens is 2. The predicted octanol–water partition coefficient (Wildman–Crippen LogP) is 3.51. The van der Waals surface area contributed by atoms with Gasteiger partial charge in [-0.05, 0) is 17.9 Å². The van der Waals surface area contributed by atoms with E-state index in [2.05, 4.69) is 35.9 Å². The minimum atomic E-state index is -0.266. The van der Waals surface area contributed by atoms with Gasteiger partial charge in [-0.15, -0.1) is 11.3 Å². The number of H-pyrrole nitrogens is 1. The van der Waals surface area contributed by atoms with Crippen molar-refractivity contribution in [1.82, 2.24) is 9.97 Å². The fourth-order valence-corrected chi connectivity index (χ4v) is 3.35. The molecule has 0 spiro atoms. The lowest BCUT2D eigenvalue weighted by Crippen LogP contribution is -2.14. The maximum atomic E-state index is 12.3. The first-order chi connectivity index (χ1) is 9.88. The second-order valence-electron chi connectivity index (χ2n) is 6.34. The predicted molar refractivity (Wildman–Crippen MR) is 85.1 cm³/mol. The van der Waals surface area contributed by atoms with Gasteiger partial charge in [0.2, 0.25) is 0 Å². The number of rotatable bonds is 2. The number of aromatic amines is 1. The van der Waals surface area contributed by atoms with Gasteiger partial charge in [-0.1, -0.05) is 32.9 Å². The highest BCUT2D eigenvalue weighted by atomic mass is 32.1. The van der Waals surface area contributed by atoms with Crippen molar-refractivity contribution in [3.05, 3.63) is 27.1 Å². The van der Waals surface area contributed by atoms with E-state index in [1.165, 1.54) is 0 Å². The lowest BCUT2D eigenvalue weighted by molar-refractivity contribution is 0.0792. The Bertz CT molecular complexity index is 767. The molecule has 6 heteroatoms. The fraction of sp³-hybridized carbons (Fsp3) is 0.533. The van der Waals surface area contributed by atoms with E-state index in [1.54, 1.807) is 11.3 Å². The molecule has 1 N–H and O–H groups in total. The molecule has 3 heterocycles. The largest absolute Gasteiger partial charge is 0.384 e. The molecular weight excluding hydrogens is 286 g/mol. The second-order valence-corrected chi connectivity index (χ2v) is 7.37.